The van der Waals surface area contributed by atoms with E-state index < -0.39 is 0 Å². The van der Waals surface area contributed by atoms with Crippen molar-refractivity contribution in [1.82, 2.24) is 9.80 Å². The van der Waals surface area contributed by atoms with Crippen molar-refractivity contribution in [2.45, 2.75) is 6.92 Å². The van der Waals surface area contributed by atoms with E-state index in [4.69, 9.17) is 4.74 Å². The fourth-order valence-electron chi connectivity index (χ4n) is 1.76. The fourth-order valence-corrected chi connectivity index (χ4v) is 2.45. The molecule has 0 bridgehead atoms. The Morgan fingerprint density at radius 1 is 1.35 bits per heavy atom. The van der Waals surface area contributed by atoms with Crippen LogP contribution in [0, 0.1) is 5.92 Å². The number of esters is 1. The summed E-state index contributed by atoms with van der Waals surface area (Å²) in [5.41, 5.74) is 0. The van der Waals surface area contributed by atoms with Crippen LogP contribution in [0.1, 0.15) is 16.6 Å². The minimum atomic E-state index is -0.328. The molecule has 112 valence electrons. The summed E-state index contributed by atoms with van der Waals surface area (Å²) in [6.45, 7) is 3.49. The second-order valence-electron chi connectivity index (χ2n) is 4.96. The monoisotopic (exact) mass is 298 g/mol. The Morgan fingerprint density at radius 2 is 2.05 bits per heavy atom. The molecule has 20 heavy (non-hydrogen) atoms. The molecule has 0 aliphatic carbocycles. The fraction of sp³-hybridized carbons (Fsp3) is 0.571. The normalized spacial score (nSPS) is 12.2. The van der Waals surface area contributed by atoms with E-state index in [0.29, 0.717) is 18.0 Å². The molecule has 6 heteroatoms. The lowest BCUT2D eigenvalue weighted by Gasteiger charge is -2.26. The molecule has 0 spiro atoms. The molecule has 5 nitrogen and oxygen atoms in total. The van der Waals surface area contributed by atoms with Gasteiger partial charge in [-0.25, -0.2) is 0 Å². The summed E-state index contributed by atoms with van der Waals surface area (Å²) in [4.78, 5) is 28.4. The number of hydrogen-bond acceptors (Lipinski definition) is 5. The van der Waals surface area contributed by atoms with Gasteiger partial charge in [0, 0.05) is 19.6 Å². The summed E-state index contributed by atoms with van der Waals surface area (Å²) in [6, 6.07) is 3.66. The van der Waals surface area contributed by atoms with E-state index >= 15 is 0 Å². The molecule has 1 aromatic heterocycles. The molecular formula is C14H22N2O3S. The van der Waals surface area contributed by atoms with Gasteiger partial charge in [-0.1, -0.05) is 13.0 Å². The molecule has 0 saturated carbocycles. The lowest BCUT2D eigenvalue weighted by Crippen LogP contribution is -2.40. The topological polar surface area (TPSA) is 49.9 Å². The lowest BCUT2D eigenvalue weighted by molar-refractivity contribution is -0.145. The summed E-state index contributed by atoms with van der Waals surface area (Å²) < 4.78 is 4.72. The van der Waals surface area contributed by atoms with Crippen LogP contribution in [-0.4, -0.2) is 62.5 Å². The van der Waals surface area contributed by atoms with Gasteiger partial charge in [0.05, 0.1) is 17.9 Å². The average Bonchev–Trinajstić information content (AvgIpc) is 2.95. The van der Waals surface area contributed by atoms with E-state index in [9.17, 15) is 9.59 Å². The van der Waals surface area contributed by atoms with Gasteiger partial charge in [0.25, 0.3) is 5.91 Å². The molecule has 1 unspecified atom stereocenters. The van der Waals surface area contributed by atoms with E-state index in [1.807, 2.05) is 30.4 Å². The molecule has 0 fully saturated rings. The Balaban J connectivity index is 2.74. The number of amides is 1. The molecule has 1 atom stereocenters. The molecule has 0 aliphatic rings. The highest BCUT2D eigenvalue weighted by atomic mass is 32.1. The van der Waals surface area contributed by atoms with Gasteiger partial charge in [0.2, 0.25) is 0 Å². The van der Waals surface area contributed by atoms with Crippen molar-refractivity contribution in [2.75, 3.05) is 40.8 Å². The molecule has 1 amide bonds. The standard InChI is InChI=1S/C14H22N2O3S/c1-11(14(18)19-4)10-16(8-7-15(2)3)13(17)12-6-5-9-20-12/h5-6,9,11H,7-8,10H2,1-4H3. The van der Waals surface area contributed by atoms with Crippen molar-refractivity contribution in [1.29, 1.82) is 0 Å². The van der Waals surface area contributed by atoms with Crippen LogP contribution in [0.3, 0.4) is 0 Å². The number of methoxy groups -OCH3 is 1. The van der Waals surface area contributed by atoms with Gasteiger partial charge in [0.1, 0.15) is 0 Å². The second-order valence-corrected chi connectivity index (χ2v) is 5.90. The Kier molecular flexibility index (Phi) is 6.67. The summed E-state index contributed by atoms with van der Waals surface area (Å²) in [5, 5.41) is 1.88. The van der Waals surface area contributed by atoms with Gasteiger partial charge in [0.15, 0.2) is 0 Å². The smallest absolute Gasteiger partial charge is 0.310 e. The molecule has 1 rings (SSSR count). The molecular weight excluding hydrogens is 276 g/mol. The number of rotatable bonds is 7. The first-order valence-corrected chi connectivity index (χ1v) is 7.39. The molecule has 0 N–H and O–H groups in total. The molecule has 0 aliphatic heterocycles. The zero-order valence-corrected chi connectivity index (χ0v) is 13.3. The molecule has 0 aromatic carbocycles. The largest absolute Gasteiger partial charge is 0.469 e. The zero-order valence-electron chi connectivity index (χ0n) is 12.5. The Hall–Kier alpha value is -1.40. The Bertz CT molecular complexity index is 432. The number of carbonyl (C=O) groups is 2. The highest BCUT2D eigenvalue weighted by Gasteiger charge is 2.22. The molecule has 0 radical (unpaired) electrons. The number of ether oxygens (including phenoxy) is 1. The first-order chi connectivity index (χ1) is 9.45. The predicted molar refractivity (Wildman–Crippen MR) is 80.0 cm³/mol. The van der Waals surface area contributed by atoms with E-state index in [-0.39, 0.29) is 17.8 Å². The van der Waals surface area contributed by atoms with Crippen LogP contribution < -0.4 is 0 Å². The van der Waals surface area contributed by atoms with Crippen molar-refractivity contribution < 1.29 is 14.3 Å². The third kappa shape index (κ3) is 4.94. The van der Waals surface area contributed by atoms with Gasteiger partial charge in [-0.15, -0.1) is 11.3 Å². The van der Waals surface area contributed by atoms with E-state index in [1.165, 1.54) is 18.4 Å². The number of likely N-dealkylation sites (N-methyl/N-ethyl adjacent to an activating group) is 1. The Morgan fingerprint density at radius 3 is 2.55 bits per heavy atom. The number of thiophene rings is 1. The van der Waals surface area contributed by atoms with Crippen molar-refractivity contribution in [2.24, 2.45) is 5.92 Å². The summed E-state index contributed by atoms with van der Waals surface area (Å²) in [5.74, 6) is -0.650. The number of carbonyl (C=O) groups excluding carboxylic acids is 2. The van der Waals surface area contributed by atoms with Gasteiger partial charge in [-0.05, 0) is 25.5 Å². The van der Waals surface area contributed by atoms with Crippen LogP contribution in [-0.2, 0) is 9.53 Å². The molecule has 1 aromatic rings. The maximum Gasteiger partial charge on any atom is 0.310 e. The third-order valence-corrected chi connectivity index (χ3v) is 3.79. The van der Waals surface area contributed by atoms with Gasteiger partial charge < -0.3 is 14.5 Å². The van der Waals surface area contributed by atoms with Gasteiger partial charge >= 0.3 is 5.97 Å². The number of hydrogen-bond donors (Lipinski definition) is 0. The van der Waals surface area contributed by atoms with Crippen LogP contribution in [0.4, 0.5) is 0 Å². The molecule has 1 heterocycles. The van der Waals surface area contributed by atoms with E-state index in [0.717, 1.165) is 6.54 Å². The highest BCUT2D eigenvalue weighted by Crippen LogP contribution is 2.14. The third-order valence-electron chi connectivity index (χ3n) is 2.93. The summed E-state index contributed by atoms with van der Waals surface area (Å²) >= 11 is 1.41. The maximum atomic E-state index is 12.4. The van der Waals surface area contributed by atoms with Gasteiger partial charge in [-0.3, -0.25) is 9.59 Å². The number of nitrogens with zero attached hydrogens (tertiary/aromatic N) is 2. The SMILES string of the molecule is COC(=O)C(C)CN(CCN(C)C)C(=O)c1cccs1. The second kappa shape index (κ2) is 8.01. The van der Waals surface area contributed by atoms with Crippen molar-refractivity contribution in [3.8, 4) is 0 Å². The first-order valence-electron chi connectivity index (χ1n) is 6.51. The van der Waals surface area contributed by atoms with Gasteiger partial charge in [-0.2, -0.15) is 0 Å². The zero-order chi connectivity index (χ0) is 15.1. The van der Waals surface area contributed by atoms with Crippen molar-refractivity contribution >= 4 is 23.2 Å². The Labute approximate surface area is 124 Å². The maximum absolute atomic E-state index is 12.4. The van der Waals surface area contributed by atoms with Crippen molar-refractivity contribution in [3.05, 3.63) is 22.4 Å². The average molecular weight is 298 g/mol. The first kappa shape index (κ1) is 16.7. The van der Waals surface area contributed by atoms with Crippen LogP contribution in [0.5, 0.6) is 0 Å². The summed E-state index contributed by atoms with van der Waals surface area (Å²) in [7, 11) is 5.28. The van der Waals surface area contributed by atoms with Crippen LogP contribution >= 0.6 is 11.3 Å². The van der Waals surface area contributed by atoms with Crippen LogP contribution in [0.2, 0.25) is 0 Å². The molecule has 0 saturated heterocycles. The van der Waals surface area contributed by atoms with E-state index in [1.54, 1.807) is 17.9 Å². The minimum absolute atomic E-state index is 0.0300. The quantitative estimate of drug-likeness (QED) is 0.717. The van der Waals surface area contributed by atoms with Crippen LogP contribution in [0.25, 0.3) is 0 Å². The highest BCUT2D eigenvalue weighted by molar-refractivity contribution is 7.12. The summed E-state index contributed by atoms with van der Waals surface area (Å²) in [6.07, 6.45) is 0. The lowest BCUT2D eigenvalue weighted by atomic mass is 10.1. The minimum Gasteiger partial charge on any atom is -0.469 e. The van der Waals surface area contributed by atoms with E-state index in [2.05, 4.69) is 0 Å². The predicted octanol–water partition coefficient (Wildman–Crippen LogP) is 1.56. The van der Waals surface area contributed by atoms with Crippen LogP contribution in [0.15, 0.2) is 17.5 Å². The van der Waals surface area contributed by atoms with Crippen molar-refractivity contribution in [3.63, 3.8) is 0 Å².